The van der Waals surface area contributed by atoms with Crippen molar-refractivity contribution in [3.63, 3.8) is 0 Å². The van der Waals surface area contributed by atoms with Crippen molar-refractivity contribution in [3.05, 3.63) is 35.8 Å². The van der Waals surface area contributed by atoms with E-state index in [0.29, 0.717) is 6.42 Å². The Kier molecular flexibility index (Phi) is 2.54. The number of carbonyl (C=O) groups is 1. The predicted octanol–water partition coefficient (Wildman–Crippen LogP) is 2.54. The molecule has 15 heavy (non-hydrogen) atoms. The number of aromatic nitrogens is 1. The number of benzene rings is 1. The first kappa shape index (κ1) is 9.90. The van der Waals surface area contributed by atoms with Gasteiger partial charge in [-0.2, -0.15) is 0 Å². The Morgan fingerprint density at radius 3 is 2.93 bits per heavy atom. The third-order valence-electron chi connectivity index (χ3n) is 2.57. The maximum absolute atomic E-state index is 13.1. The first-order valence-electron chi connectivity index (χ1n) is 4.97. The highest BCUT2D eigenvalue weighted by Crippen LogP contribution is 2.22. The smallest absolute Gasteiger partial charge is 0.125 e. The molecule has 1 heterocycles. The van der Waals surface area contributed by atoms with Crippen LogP contribution < -0.4 is 0 Å². The second kappa shape index (κ2) is 3.85. The summed E-state index contributed by atoms with van der Waals surface area (Å²) in [4.78, 5) is 10.5. The number of nitrogens with zero attached hydrogens (tertiary/aromatic N) is 1. The lowest BCUT2D eigenvalue weighted by Gasteiger charge is -1.99. The molecule has 3 heteroatoms. The van der Waals surface area contributed by atoms with E-state index >= 15 is 0 Å². The van der Waals surface area contributed by atoms with Crippen molar-refractivity contribution >= 4 is 17.2 Å². The molecule has 2 rings (SSSR count). The van der Waals surface area contributed by atoms with Gasteiger partial charge in [-0.3, -0.25) is 0 Å². The summed E-state index contributed by atoms with van der Waals surface area (Å²) in [7, 11) is 0. The van der Waals surface area contributed by atoms with Gasteiger partial charge in [0.05, 0.1) is 5.52 Å². The van der Waals surface area contributed by atoms with Crippen LogP contribution in [-0.4, -0.2) is 10.9 Å². The van der Waals surface area contributed by atoms with E-state index in [1.54, 1.807) is 6.07 Å². The van der Waals surface area contributed by atoms with Gasteiger partial charge >= 0.3 is 0 Å². The largest absolute Gasteiger partial charge is 0.347 e. The fraction of sp³-hybridized carbons (Fsp3) is 0.250. The minimum atomic E-state index is -0.243. The van der Waals surface area contributed by atoms with Gasteiger partial charge in [-0.05, 0) is 30.7 Å². The molecule has 78 valence electrons. The molecule has 0 saturated heterocycles. The van der Waals surface area contributed by atoms with Crippen LogP contribution in [0.5, 0.6) is 0 Å². The third kappa shape index (κ3) is 1.65. The van der Waals surface area contributed by atoms with Crippen LogP contribution in [0.2, 0.25) is 0 Å². The van der Waals surface area contributed by atoms with Gasteiger partial charge < -0.3 is 9.36 Å². The number of halogens is 1. The molecule has 2 aromatic rings. The first-order valence-corrected chi connectivity index (χ1v) is 4.97. The molecule has 1 aromatic carbocycles. The Labute approximate surface area is 87.3 Å². The van der Waals surface area contributed by atoms with Crippen LogP contribution in [0.3, 0.4) is 0 Å². The maximum Gasteiger partial charge on any atom is 0.125 e. The van der Waals surface area contributed by atoms with Crippen molar-refractivity contribution in [2.75, 3.05) is 0 Å². The SMILES string of the molecule is CCn1cc(CC=O)c2ccc(F)cc21. The highest BCUT2D eigenvalue weighted by molar-refractivity contribution is 5.85. The zero-order valence-electron chi connectivity index (χ0n) is 8.53. The van der Waals surface area contributed by atoms with Gasteiger partial charge in [0.15, 0.2) is 0 Å². The van der Waals surface area contributed by atoms with Crippen LogP contribution in [0.4, 0.5) is 4.39 Å². The number of aldehydes is 1. The first-order chi connectivity index (χ1) is 7.26. The van der Waals surface area contributed by atoms with E-state index in [0.717, 1.165) is 29.3 Å². The monoisotopic (exact) mass is 205 g/mol. The Balaban J connectivity index is 2.69. The minimum absolute atomic E-state index is 0.243. The van der Waals surface area contributed by atoms with Gasteiger partial charge in [0, 0.05) is 24.5 Å². The Hall–Kier alpha value is -1.64. The second-order valence-electron chi connectivity index (χ2n) is 3.47. The number of hydrogen-bond donors (Lipinski definition) is 0. The number of carbonyl (C=O) groups excluding carboxylic acids is 1. The number of aryl methyl sites for hydroxylation is 1. The molecule has 0 unspecified atom stereocenters. The lowest BCUT2D eigenvalue weighted by atomic mass is 10.1. The van der Waals surface area contributed by atoms with Gasteiger partial charge in [-0.1, -0.05) is 0 Å². The summed E-state index contributed by atoms with van der Waals surface area (Å²) >= 11 is 0. The molecule has 0 fully saturated rings. The highest BCUT2D eigenvalue weighted by atomic mass is 19.1. The lowest BCUT2D eigenvalue weighted by molar-refractivity contribution is -0.107. The van der Waals surface area contributed by atoms with Gasteiger partial charge in [-0.25, -0.2) is 4.39 Å². The van der Waals surface area contributed by atoms with Gasteiger partial charge in [-0.15, -0.1) is 0 Å². The molecule has 2 nitrogen and oxygen atoms in total. The van der Waals surface area contributed by atoms with Gasteiger partial charge in [0.25, 0.3) is 0 Å². The molecular weight excluding hydrogens is 193 g/mol. The number of rotatable bonds is 3. The zero-order valence-corrected chi connectivity index (χ0v) is 8.53. The van der Waals surface area contributed by atoms with E-state index in [4.69, 9.17) is 0 Å². The van der Waals surface area contributed by atoms with Crippen LogP contribution in [0.1, 0.15) is 12.5 Å². The topological polar surface area (TPSA) is 22.0 Å². The van der Waals surface area contributed by atoms with Crippen LogP contribution in [-0.2, 0) is 17.8 Å². The molecular formula is C12H12FNO. The predicted molar refractivity (Wildman–Crippen MR) is 57.3 cm³/mol. The normalized spacial score (nSPS) is 10.8. The van der Waals surface area contributed by atoms with Crippen molar-refractivity contribution in [1.82, 2.24) is 4.57 Å². The molecule has 0 spiro atoms. The molecule has 0 atom stereocenters. The summed E-state index contributed by atoms with van der Waals surface area (Å²) < 4.78 is 15.0. The quantitative estimate of drug-likeness (QED) is 0.706. The molecule has 0 aliphatic rings. The summed E-state index contributed by atoms with van der Waals surface area (Å²) in [5.41, 5.74) is 1.82. The van der Waals surface area contributed by atoms with Gasteiger partial charge in [0.1, 0.15) is 12.1 Å². The van der Waals surface area contributed by atoms with Gasteiger partial charge in [0.2, 0.25) is 0 Å². The van der Waals surface area contributed by atoms with E-state index in [9.17, 15) is 9.18 Å². The molecule has 1 aromatic heterocycles. The average molecular weight is 205 g/mol. The molecule has 0 aliphatic heterocycles. The van der Waals surface area contributed by atoms with Crippen molar-refractivity contribution in [3.8, 4) is 0 Å². The molecule has 0 bridgehead atoms. The van der Waals surface area contributed by atoms with Crippen molar-refractivity contribution < 1.29 is 9.18 Å². The summed E-state index contributed by atoms with van der Waals surface area (Å²) in [5.74, 6) is -0.243. The molecule has 0 aliphatic carbocycles. The standard InChI is InChI=1S/C12H12FNO/c1-2-14-8-9(5-6-15)11-4-3-10(13)7-12(11)14/h3-4,6-8H,2,5H2,1H3. The van der Waals surface area contributed by atoms with E-state index in [-0.39, 0.29) is 5.82 Å². The van der Waals surface area contributed by atoms with Crippen molar-refractivity contribution in [1.29, 1.82) is 0 Å². The Bertz CT molecular complexity index is 502. The molecule has 0 amide bonds. The molecule has 0 radical (unpaired) electrons. The van der Waals surface area contributed by atoms with Crippen LogP contribution in [0.15, 0.2) is 24.4 Å². The van der Waals surface area contributed by atoms with Crippen LogP contribution in [0.25, 0.3) is 10.9 Å². The van der Waals surface area contributed by atoms with Crippen molar-refractivity contribution in [2.24, 2.45) is 0 Å². The van der Waals surface area contributed by atoms with E-state index in [1.165, 1.54) is 12.1 Å². The molecule has 0 saturated carbocycles. The van der Waals surface area contributed by atoms with E-state index in [2.05, 4.69) is 0 Å². The zero-order chi connectivity index (χ0) is 10.8. The number of hydrogen-bond acceptors (Lipinski definition) is 1. The summed E-state index contributed by atoms with van der Waals surface area (Å²) in [6.07, 6.45) is 3.17. The maximum atomic E-state index is 13.1. The second-order valence-corrected chi connectivity index (χ2v) is 3.47. The third-order valence-corrected chi connectivity index (χ3v) is 2.57. The fourth-order valence-electron chi connectivity index (χ4n) is 1.86. The Morgan fingerprint density at radius 2 is 2.27 bits per heavy atom. The molecule has 0 N–H and O–H groups in total. The lowest BCUT2D eigenvalue weighted by Crippen LogP contribution is -1.90. The van der Waals surface area contributed by atoms with Crippen molar-refractivity contribution in [2.45, 2.75) is 19.9 Å². The van der Waals surface area contributed by atoms with Crippen LogP contribution in [0, 0.1) is 5.82 Å². The summed E-state index contributed by atoms with van der Waals surface area (Å²) in [5, 5.41) is 0.963. The fourth-order valence-corrected chi connectivity index (χ4v) is 1.86. The van der Waals surface area contributed by atoms with E-state index in [1.807, 2.05) is 17.7 Å². The highest BCUT2D eigenvalue weighted by Gasteiger charge is 2.07. The Morgan fingerprint density at radius 1 is 1.47 bits per heavy atom. The average Bonchev–Trinajstić information content (AvgIpc) is 2.56. The summed E-state index contributed by atoms with van der Waals surface area (Å²) in [6, 6.07) is 4.67. The number of fused-ring (bicyclic) bond motifs is 1. The van der Waals surface area contributed by atoms with Crippen LogP contribution >= 0.6 is 0 Å². The minimum Gasteiger partial charge on any atom is -0.347 e. The summed E-state index contributed by atoms with van der Waals surface area (Å²) in [6.45, 7) is 2.77. The van der Waals surface area contributed by atoms with E-state index < -0.39 is 0 Å².